The minimum Gasteiger partial charge on any atom is -0.504 e. The maximum absolute atomic E-state index is 10.7. The molecule has 3 aromatic rings. The second-order valence-electron chi connectivity index (χ2n) is 9.18. The number of hydrogen-bond donors (Lipinski definition) is 2. The largest absolute Gasteiger partial charge is 0.504 e. The van der Waals surface area contributed by atoms with Crippen LogP contribution in [0.2, 0.25) is 0 Å². The molecule has 0 aromatic heterocycles. The maximum Gasteiger partial charge on any atom is 0.204 e. The van der Waals surface area contributed by atoms with Crippen LogP contribution in [0.25, 0.3) is 0 Å². The van der Waals surface area contributed by atoms with Crippen molar-refractivity contribution < 1.29 is 33.9 Å². The molecule has 1 aliphatic rings. The van der Waals surface area contributed by atoms with Crippen LogP contribution in [0, 0.1) is 0 Å². The molecule has 37 heavy (non-hydrogen) atoms. The molecule has 198 valence electrons. The lowest BCUT2D eigenvalue weighted by Crippen LogP contribution is -2.32. The fraction of sp³-hybridized carbons (Fsp3) is 0.400. The maximum atomic E-state index is 10.7. The topological polar surface area (TPSA) is 86.6 Å². The van der Waals surface area contributed by atoms with Crippen LogP contribution in [0.1, 0.15) is 54.9 Å². The van der Waals surface area contributed by atoms with Crippen molar-refractivity contribution in [3.8, 4) is 40.2 Å². The van der Waals surface area contributed by atoms with Gasteiger partial charge in [0.05, 0.1) is 33.9 Å². The summed E-state index contributed by atoms with van der Waals surface area (Å²) >= 11 is 0. The molecule has 0 radical (unpaired) electrons. The molecule has 0 aliphatic carbocycles. The van der Waals surface area contributed by atoms with Gasteiger partial charge in [-0.2, -0.15) is 0 Å². The summed E-state index contributed by atoms with van der Waals surface area (Å²) in [5.74, 6) is 2.84. The quantitative estimate of drug-likeness (QED) is 0.367. The number of benzene rings is 3. The van der Waals surface area contributed by atoms with E-state index in [9.17, 15) is 10.2 Å². The molecule has 0 saturated heterocycles. The van der Waals surface area contributed by atoms with Crippen molar-refractivity contribution in [1.82, 2.24) is 0 Å². The highest BCUT2D eigenvalue weighted by molar-refractivity contribution is 5.61. The molecule has 0 bridgehead atoms. The third-order valence-corrected chi connectivity index (χ3v) is 6.69. The van der Waals surface area contributed by atoms with Gasteiger partial charge in [0.1, 0.15) is 17.6 Å². The van der Waals surface area contributed by atoms with E-state index in [1.54, 1.807) is 32.4 Å². The summed E-state index contributed by atoms with van der Waals surface area (Å²) < 4.78 is 30.0. The van der Waals surface area contributed by atoms with Crippen molar-refractivity contribution in [2.24, 2.45) is 0 Å². The molecule has 4 rings (SSSR count). The van der Waals surface area contributed by atoms with Gasteiger partial charge in [0.15, 0.2) is 23.0 Å². The second kappa shape index (κ2) is 11.6. The van der Waals surface area contributed by atoms with Gasteiger partial charge in [0.25, 0.3) is 0 Å². The Hall–Kier alpha value is -3.58. The van der Waals surface area contributed by atoms with E-state index in [-0.39, 0.29) is 12.4 Å². The fourth-order valence-electron chi connectivity index (χ4n) is 4.97. The number of phenolic OH excluding ortho intramolecular Hbond substituents is 1. The van der Waals surface area contributed by atoms with E-state index in [2.05, 4.69) is 13.8 Å². The highest BCUT2D eigenvalue weighted by Gasteiger charge is 2.35. The molecule has 0 unspecified atom stereocenters. The van der Waals surface area contributed by atoms with Gasteiger partial charge in [0.2, 0.25) is 5.75 Å². The Bertz CT molecular complexity index is 1240. The average Bonchev–Trinajstić information content (AvgIpc) is 2.90. The molecule has 2 N–H and O–H groups in total. The van der Waals surface area contributed by atoms with E-state index in [1.807, 2.05) is 24.3 Å². The SMILES string of the molecule is CCCc1cc(OC)c2c(c1)Oc1c(CCC)cc(OC)cc1[C@H](c1ccc(O)c(OC)c1)[C@@H](CO)O2. The summed E-state index contributed by atoms with van der Waals surface area (Å²) in [6, 6.07) is 13.0. The van der Waals surface area contributed by atoms with Crippen LogP contribution in [0.5, 0.6) is 40.2 Å². The van der Waals surface area contributed by atoms with Crippen LogP contribution in [-0.4, -0.2) is 44.3 Å². The van der Waals surface area contributed by atoms with E-state index >= 15 is 0 Å². The third-order valence-electron chi connectivity index (χ3n) is 6.69. The number of rotatable bonds is 9. The first-order valence-electron chi connectivity index (χ1n) is 12.7. The summed E-state index contributed by atoms with van der Waals surface area (Å²) in [6.45, 7) is 3.97. The Morgan fingerprint density at radius 1 is 0.838 bits per heavy atom. The summed E-state index contributed by atoms with van der Waals surface area (Å²) in [5, 5.41) is 20.9. The zero-order valence-electron chi connectivity index (χ0n) is 22.2. The molecule has 0 spiro atoms. The average molecular weight is 509 g/mol. The molecule has 0 fully saturated rings. The Balaban J connectivity index is 2.03. The van der Waals surface area contributed by atoms with E-state index in [1.165, 1.54) is 7.11 Å². The van der Waals surface area contributed by atoms with Gasteiger partial charge in [-0.3, -0.25) is 0 Å². The Morgan fingerprint density at radius 2 is 1.59 bits per heavy atom. The molecule has 0 amide bonds. The van der Waals surface area contributed by atoms with Gasteiger partial charge in [0, 0.05) is 5.56 Å². The number of hydrogen-bond acceptors (Lipinski definition) is 7. The van der Waals surface area contributed by atoms with E-state index in [0.717, 1.165) is 47.9 Å². The van der Waals surface area contributed by atoms with E-state index in [4.69, 9.17) is 23.7 Å². The van der Waals surface area contributed by atoms with Crippen molar-refractivity contribution in [3.63, 3.8) is 0 Å². The smallest absolute Gasteiger partial charge is 0.204 e. The molecule has 7 heteroatoms. The van der Waals surface area contributed by atoms with Gasteiger partial charge in [-0.05, 0) is 65.9 Å². The molecule has 1 heterocycles. The van der Waals surface area contributed by atoms with Crippen LogP contribution in [0.3, 0.4) is 0 Å². The molecular weight excluding hydrogens is 472 g/mol. The molecule has 1 aliphatic heterocycles. The van der Waals surface area contributed by atoms with E-state index in [0.29, 0.717) is 34.5 Å². The van der Waals surface area contributed by atoms with Crippen LogP contribution in [0.4, 0.5) is 0 Å². The number of ether oxygens (including phenoxy) is 5. The highest BCUT2D eigenvalue weighted by Crippen LogP contribution is 2.50. The number of aromatic hydroxyl groups is 1. The highest BCUT2D eigenvalue weighted by atomic mass is 16.6. The Morgan fingerprint density at radius 3 is 2.24 bits per heavy atom. The van der Waals surface area contributed by atoms with Gasteiger partial charge < -0.3 is 33.9 Å². The summed E-state index contributed by atoms with van der Waals surface area (Å²) in [4.78, 5) is 0. The first-order chi connectivity index (χ1) is 18.0. The standard InChI is InChI=1S/C30H36O7/c1-6-8-18-12-25(35-5)30-26(13-18)36-29-20(9-7-2)14-21(33-3)16-22(29)28(27(17-31)37-30)19-10-11-23(32)24(15-19)34-4/h10-16,27-28,31-32H,6-9,17H2,1-5H3/t27-,28+/m1/s1. The predicted octanol–water partition coefficient (Wildman–Crippen LogP) is 6.00. The number of aliphatic hydroxyl groups excluding tert-OH is 1. The lowest BCUT2D eigenvalue weighted by molar-refractivity contribution is 0.0932. The van der Waals surface area contributed by atoms with Gasteiger partial charge >= 0.3 is 0 Å². The molecule has 3 aromatic carbocycles. The number of aryl methyl sites for hydroxylation is 2. The molecular formula is C30H36O7. The van der Waals surface area contributed by atoms with Crippen molar-refractivity contribution in [2.75, 3.05) is 27.9 Å². The van der Waals surface area contributed by atoms with Crippen molar-refractivity contribution in [3.05, 3.63) is 64.7 Å². The summed E-state index contributed by atoms with van der Waals surface area (Å²) in [7, 11) is 4.74. The van der Waals surface area contributed by atoms with Crippen molar-refractivity contribution in [1.29, 1.82) is 0 Å². The number of aliphatic hydroxyl groups is 1. The predicted molar refractivity (Wildman–Crippen MR) is 142 cm³/mol. The summed E-state index contributed by atoms with van der Waals surface area (Å²) in [6.07, 6.45) is 2.83. The van der Waals surface area contributed by atoms with Gasteiger partial charge in [-0.1, -0.05) is 32.8 Å². The van der Waals surface area contributed by atoms with Crippen LogP contribution in [-0.2, 0) is 12.8 Å². The van der Waals surface area contributed by atoms with Gasteiger partial charge in [-0.25, -0.2) is 0 Å². The normalized spacial score (nSPS) is 16.4. The minimum absolute atomic E-state index is 0.0304. The second-order valence-corrected chi connectivity index (χ2v) is 9.18. The molecule has 7 nitrogen and oxygen atoms in total. The third kappa shape index (κ3) is 5.27. The molecule has 2 atom stereocenters. The van der Waals surface area contributed by atoms with Crippen LogP contribution < -0.4 is 23.7 Å². The summed E-state index contributed by atoms with van der Waals surface area (Å²) in [5.41, 5.74) is 3.69. The zero-order chi connectivity index (χ0) is 26.5. The number of phenols is 1. The minimum atomic E-state index is -0.692. The number of methoxy groups -OCH3 is 3. The van der Waals surface area contributed by atoms with Crippen LogP contribution >= 0.6 is 0 Å². The number of fused-ring (bicyclic) bond motifs is 2. The lowest BCUT2D eigenvalue weighted by Gasteiger charge is -2.33. The van der Waals surface area contributed by atoms with Crippen LogP contribution in [0.15, 0.2) is 42.5 Å². The monoisotopic (exact) mass is 508 g/mol. The fourth-order valence-corrected chi connectivity index (χ4v) is 4.97. The van der Waals surface area contributed by atoms with Crippen molar-refractivity contribution >= 4 is 0 Å². The Kier molecular flexibility index (Phi) is 8.34. The molecule has 0 saturated carbocycles. The van der Waals surface area contributed by atoms with E-state index < -0.39 is 12.0 Å². The Labute approximate surface area is 218 Å². The lowest BCUT2D eigenvalue weighted by atomic mass is 9.84. The first-order valence-corrected chi connectivity index (χ1v) is 12.7. The zero-order valence-corrected chi connectivity index (χ0v) is 22.2. The van der Waals surface area contributed by atoms with Gasteiger partial charge in [-0.15, -0.1) is 0 Å². The first kappa shape index (κ1) is 26.5. The van der Waals surface area contributed by atoms with Crippen molar-refractivity contribution in [2.45, 2.75) is 51.6 Å².